The summed E-state index contributed by atoms with van der Waals surface area (Å²) in [7, 11) is 0. The summed E-state index contributed by atoms with van der Waals surface area (Å²) in [6, 6.07) is 1.94. The van der Waals surface area contributed by atoms with Crippen LogP contribution in [0.15, 0.2) is 12.1 Å². The van der Waals surface area contributed by atoms with E-state index in [0.29, 0.717) is 6.42 Å². The minimum Gasteiger partial charge on any atom is -0.478 e. The van der Waals surface area contributed by atoms with Gasteiger partial charge in [-0.25, -0.2) is 13.6 Å². The van der Waals surface area contributed by atoms with Crippen molar-refractivity contribution in [1.82, 2.24) is 0 Å². The van der Waals surface area contributed by atoms with Crippen LogP contribution in [0.5, 0.6) is 0 Å². The molecule has 0 aliphatic rings. The van der Waals surface area contributed by atoms with Crippen LogP contribution in [0.3, 0.4) is 0 Å². The monoisotopic (exact) mass is 214 g/mol. The number of hydrogen-bond donors (Lipinski definition) is 1. The van der Waals surface area contributed by atoms with Gasteiger partial charge in [-0.2, -0.15) is 0 Å². The average molecular weight is 214 g/mol. The number of carboxylic acids is 1. The van der Waals surface area contributed by atoms with Gasteiger partial charge in [-0.05, 0) is 25.0 Å². The molecule has 15 heavy (non-hydrogen) atoms. The minimum absolute atomic E-state index is 0.128. The van der Waals surface area contributed by atoms with Gasteiger partial charge < -0.3 is 5.11 Å². The van der Waals surface area contributed by atoms with Gasteiger partial charge in [-0.1, -0.05) is 13.3 Å². The van der Waals surface area contributed by atoms with E-state index < -0.39 is 23.2 Å². The normalized spacial score (nSPS) is 10.3. The van der Waals surface area contributed by atoms with Crippen LogP contribution in [-0.4, -0.2) is 11.1 Å². The van der Waals surface area contributed by atoms with Crippen LogP contribution in [0.1, 0.15) is 35.7 Å². The predicted octanol–water partition coefficient (Wildman–Crippen LogP) is 3.01. The van der Waals surface area contributed by atoms with Gasteiger partial charge in [0.05, 0.1) is 5.56 Å². The lowest BCUT2D eigenvalue weighted by molar-refractivity contribution is 0.0691. The maximum Gasteiger partial charge on any atom is 0.338 e. The summed E-state index contributed by atoms with van der Waals surface area (Å²) in [5.41, 5.74) is -0.598. The first-order valence-electron chi connectivity index (χ1n) is 4.78. The number of benzene rings is 1. The van der Waals surface area contributed by atoms with Crippen LogP contribution < -0.4 is 0 Å². The zero-order chi connectivity index (χ0) is 11.4. The Morgan fingerprint density at radius 1 is 1.40 bits per heavy atom. The standard InChI is InChI=1S/C11H12F2O2/c1-2-3-4-7-9(12)6-5-8(10(7)13)11(14)15/h5-6H,2-4H2,1H3,(H,14,15). The molecule has 0 amide bonds. The molecule has 1 aromatic carbocycles. The third kappa shape index (κ3) is 2.52. The Hall–Kier alpha value is -1.45. The van der Waals surface area contributed by atoms with Crippen molar-refractivity contribution in [3.63, 3.8) is 0 Å². The van der Waals surface area contributed by atoms with Crippen LogP contribution in [0.4, 0.5) is 8.78 Å². The highest BCUT2D eigenvalue weighted by molar-refractivity contribution is 5.88. The zero-order valence-corrected chi connectivity index (χ0v) is 8.39. The molecule has 0 spiro atoms. The lowest BCUT2D eigenvalue weighted by atomic mass is 10.0. The van der Waals surface area contributed by atoms with Crippen molar-refractivity contribution in [2.75, 3.05) is 0 Å². The molecule has 0 aliphatic heterocycles. The predicted molar refractivity (Wildman–Crippen MR) is 51.9 cm³/mol. The molecule has 0 atom stereocenters. The number of rotatable bonds is 4. The highest BCUT2D eigenvalue weighted by atomic mass is 19.1. The molecule has 0 aromatic heterocycles. The summed E-state index contributed by atoms with van der Waals surface area (Å²) in [6.45, 7) is 1.90. The molecule has 4 heteroatoms. The number of carboxylic acid groups (broad SMARTS) is 1. The molecule has 1 rings (SSSR count). The maximum absolute atomic E-state index is 13.5. The highest BCUT2D eigenvalue weighted by Crippen LogP contribution is 2.19. The van der Waals surface area contributed by atoms with Crippen LogP contribution >= 0.6 is 0 Å². The van der Waals surface area contributed by atoms with Gasteiger partial charge in [0.2, 0.25) is 0 Å². The largest absolute Gasteiger partial charge is 0.478 e. The quantitative estimate of drug-likeness (QED) is 0.836. The van der Waals surface area contributed by atoms with E-state index in [1.165, 1.54) is 0 Å². The Morgan fingerprint density at radius 3 is 2.60 bits per heavy atom. The fraction of sp³-hybridized carbons (Fsp3) is 0.364. The van der Waals surface area contributed by atoms with Crippen molar-refractivity contribution >= 4 is 5.97 Å². The van der Waals surface area contributed by atoms with Crippen molar-refractivity contribution in [3.05, 3.63) is 34.9 Å². The van der Waals surface area contributed by atoms with Crippen molar-refractivity contribution < 1.29 is 18.7 Å². The molecule has 0 fully saturated rings. The lowest BCUT2D eigenvalue weighted by Crippen LogP contribution is -2.06. The Bertz CT molecular complexity index is 375. The van der Waals surface area contributed by atoms with E-state index in [0.717, 1.165) is 18.6 Å². The van der Waals surface area contributed by atoms with E-state index >= 15 is 0 Å². The number of halogens is 2. The second-order valence-corrected chi connectivity index (χ2v) is 3.30. The SMILES string of the molecule is CCCCc1c(F)ccc(C(=O)O)c1F. The van der Waals surface area contributed by atoms with Crippen molar-refractivity contribution in [2.45, 2.75) is 26.2 Å². The zero-order valence-electron chi connectivity index (χ0n) is 8.39. The van der Waals surface area contributed by atoms with Gasteiger partial charge in [0.25, 0.3) is 0 Å². The first kappa shape index (κ1) is 11.6. The summed E-state index contributed by atoms with van der Waals surface area (Å²) in [6.07, 6.45) is 1.67. The molecule has 2 nitrogen and oxygen atoms in total. The van der Waals surface area contributed by atoms with Crippen LogP contribution in [0, 0.1) is 11.6 Å². The molecular weight excluding hydrogens is 202 g/mol. The van der Waals surface area contributed by atoms with Gasteiger partial charge in [-0.15, -0.1) is 0 Å². The number of hydrogen-bond acceptors (Lipinski definition) is 1. The van der Waals surface area contributed by atoms with Crippen LogP contribution in [0.25, 0.3) is 0 Å². The van der Waals surface area contributed by atoms with Crippen LogP contribution in [0.2, 0.25) is 0 Å². The van der Waals surface area contributed by atoms with E-state index in [1.807, 2.05) is 6.92 Å². The van der Waals surface area contributed by atoms with E-state index in [1.54, 1.807) is 0 Å². The van der Waals surface area contributed by atoms with E-state index in [9.17, 15) is 13.6 Å². The topological polar surface area (TPSA) is 37.3 Å². The summed E-state index contributed by atoms with van der Waals surface area (Å²) >= 11 is 0. The molecule has 0 bridgehead atoms. The van der Waals surface area contributed by atoms with Gasteiger partial charge in [0, 0.05) is 5.56 Å². The Kier molecular flexibility index (Phi) is 3.77. The Morgan fingerprint density at radius 2 is 2.07 bits per heavy atom. The summed E-state index contributed by atoms with van der Waals surface area (Å²) < 4.78 is 26.7. The summed E-state index contributed by atoms with van der Waals surface area (Å²) in [5, 5.41) is 8.64. The van der Waals surface area contributed by atoms with Crippen molar-refractivity contribution in [1.29, 1.82) is 0 Å². The average Bonchev–Trinajstić information content (AvgIpc) is 2.17. The third-order valence-electron chi connectivity index (χ3n) is 2.20. The fourth-order valence-corrected chi connectivity index (χ4v) is 1.35. The molecule has 0 radical (unpaired) electrons. The first-order valence-corrected chi connectivity index (χ1v) is 4.78. The van der Waals surface area contributed by atoms with Gasteiger partial charge in [-0.3, -0.25) is 0 Å². The number of carbonyl (C=O) groups is 1. The molecular formula is C11H12F2O2. The van der Waals surface area contributed by atoms with E-state index in [-0.39, 0.29) is 12.0 Å². The molecule has 0 heterocycles. The second-order valence-electron chi connectivity index (χ2n) is 3.30. The molecule has 1 N–H and O–H groups in total. The molecule has 82 valence electrons. The van der Waals surface area contributed by atoms with Gasteiger partial charge in [0.15, 0.2) is 0 Å². The van der Waals surface area contributed by atoms with E-state index in [4.69, 9.17) is 5.11 Å². The van der Waals surface area contributed by atoms with Gasteiger partial charge >= 0.3 is 5.97 Å². The summed E-state index contributed by atoms with van der Waals surface area (Å²) in [5.74, 6) is -2.99. The third-order valence-corrected chi connectivity index (χ3v) is 2.20. The fourth-order valence-electron chi connectivity index (χ4n) is 1.35. The molecule has 0 unspecified atom stereocenters. The number of unbranched alkanes of at least 4 members (excludes halogenated alkanes) is 1. The maximum atomic E-state index is 13.5. The lowest BCUT2D eigenvalue weighted by Gasteiger charge is -2.06. The molecule has 0 saturated heterocycles. The Balaban J connectivity index is 3.12. The second kappa shape index (κ2) is 4.87. The van der Waals surface area contributed by atoms with Crippen LogP contribution in [-0.2, 0) is 6.42 Å². The molecule has 1 aromatic rings. The van der Waals surface area contributed by atoms with Crippen molar-refractivity contribution in [2.24, 2.45) is 0 Å². The Labute approximate surface area is 86.5 Å². The number of aromatic carboxylic acids is 1. The highest BCUT2D eigenvalue weighted by Gasteiger charge is 2.17. The van der Waals surface area contributed by atoms with Crippen molar-refractivity contribution in [3.8, 4) is 0 Å². The van der Waals surface area contributed by atoms with Gasteiger partial charge in [0.1, 0.15) is 11.6 Å². The van der Waals surface area contributed by atoms with E-state index in [2.05, 4.69) is 0 Å². The molecule has 0 aliphatic carbocycles. The minimum atomic E-state index is -1.37. The smallest absolute Gasteiger partial charge is 0.338 e. The molecule has 0 saturated carbocycles. The summed E-state index contributed by atoms with van der Waals surface area (Å²) in [4.78, 5) is 10.6. The first-order chi connectivity index (χ1) is 7.07.